The summed E-state index contributed by atoms with van der Waals surface area (Å²) in [4.78, 5) is 0. The van der Waals surface area contributed by atoms with E-state index < -0.39 is 61.4 Å². The van der Waals surface area contributed by atoms with Crippen molar-refractivity contribution in [1.82, 2.24) is 0 Å². The lowest BCUT2D eigenvalue weighted by Gasteiger charge is -2.48. The Morgan fingerprint density at radius 2 is 0.534 bits per heavy atom. The summed E-state index contributed by atoms with van der Waals surface area (Å²) >= 11 is 0. The number of rotatable bonds is 26. The van der Waals surface area contributed by atoms with Crippen LogP contribution in [0, 0.1) is 0 Å². The summed E-state index contributed by atoms with van der Waals surface area (Å²) in [5.41, 5.74) is 7.00. The van der Waals surface area contributed by atoms with Gasteiger partial charge in [0.2, 0.25) is 0 Å². The molecule has 7 aromatic rings. The van der Waals surface area contributed by atoms with Gasteiger partial charge >= 0.3 is 0 Å². The Morgan fingerprint density at radius 1 is 0.274 bits per heavy atom. The van der Waals surface area contributed by atoms with E-state index in [1.54, 1.807) is 7.11 Å². The summed E-state index contributed by atoms with van der Waals surface area (Å²) < 4.78 is 75.2. The van der Waals surface area contributed by atoms with Gasteiger partial charge in [-0.05, 0) is 38.9 Å². The Bertz CT molecular complexity index is 2560. The highest BCUT2D eigenvalue weighted by Crippen LogP contribution is 2.35. The minimum absolute atomic E-state index is 0.00960. The zero-order valence-electron chi connectivity index (χ0n) is 41.3. The molecular formula is C62H66O11. The van der Waals surface area contributed by atoms with Gasteiger partial charge in [-0.15, -0.1) is 0 Å². The number of ether oxygens (including phenoxy) is 11. The number of methoxy groups -OCH3 is 1. The van der Waals surface area contributed by atoms with Crippen molar-refractivity contribution in [3.8, 4) is 0 Å². The highest BCUT2D eigenvalue weighted by molar-refractivity contribution is 5.19. The second kappa shape index (κ2) is 28.0. The maximum atomic E-state index is 7.10. The van der Waals surface area contributed by atoms with Crippen LogP contribution in [0.1, 0.15) is 38.9 Å². The van der Waals surface area contributed by atoms with Crippen LogP contribution in [0.15, 0.2) is 212 Å². The van der Waals surface area contributed by atoms with Gasteiger partial charge in [-0.2, -0.15) is 0 Å². The molecule has 2 aliphatic heterocycles. The first kappa shape index (κ1) is 52.0. The van der Waals surface area contributed by atoms with Gasteiger partial charge in [0.15, 0.2) is 12.6 Å². The van der Waals surface area contributed by atoms with Crippen LogP contribution < -0.4 is 0 Å². The van der Waals surface area contributed by atoms with Gasteiger partial charge < -0.3 is 52.1 Å². The Kier molecular flexibility index (Phi) is 19.9. The lowest BCUT2D eigenvalue weighted by Crippen LogP contribution is -2.64. The van der Waals surface area contributed by atoms with Crippen LogP contribution in [-0.4, -0.2) is 81.7 Å². The fraction of sp³-hybridized carbons (Fsp3) is 0.323. The summed E-state index contributed by atoms with van der Waals surface area (Å²) in [7, 11) is 1.61. The molecule has 73 heavy (non-hydrogen) atoms. The van der Waals surface area contributed by atoms with E-state index in [-0.39, 0.29) is 33.0 Å². The van der Waals surface area contributed by atoms with E-state index >= 15 is 0 Å². The summed E-state index contributed by atoms with van der Waals surface area (Å²) in [6.45, 7) is 2.25. The number of hydrogen-bond donors (Lipinski definition) is 0. The predicted molar refractivity (Wildman–Crippen MR) is 276 cm³/mol. The van der Waals surface area contributed by atoms with Crippen LogP contribution in [0.5, 0.6) is 0 Å². The molecule has 0 amide bonds. The second-order valence-corrected chi connectivity index (χ2v) is 18.2. The van der Waals surface area contributed by atoms with Crippen LogP contribution >= 0.6 is 0 Å². The number of hydrogen-bond acceptors (Lipinski definition) is 11. The Labute approximate surface area is 429 Å². The molecule has 0 aliphatic carbocycles. The first-order valence-electron chi connectivity index (χ1n) is 25.2. The van der Waals surface area contributed by atoms with Crippen molar-refractivity contribution < 1.29 is 52.1 Å². The monoisotopic (exact) mass is 986 g/mol. The fourth-order valence-corrected chi connectivity index (χ4v) is 9.14. The predicted octanol–water partition coefficient (Wildman–Crippen LogP) is 10.8. The van der Waals surface area contributed by atoms with Crippen molar-refractivity contribution in [3.05, 3.63) is 251 Å². The molecule has 2 heterocycles. The highest BCUT2D eigenvalue weighted by atomic mass is 16.7. The molecule has 2 fully saturated rings. The van der Waals surface area contributed by atoms with Crippen LogP contribution in [-0.2, 0) is 98.4 Å². The molecule has 9 rings (SSSR count). The molecule has 11 nitrogen and oxygen atoms in total. The first-order valence-corrected chi connectivity index (χ1v) is 25.2. The van der Waals surface area contributed by atoms with Gasteiger partial charge in [-0.1, -0.05) is 212 Å². The van der Waals surface area contributed by atoms with Gasteiger partial charge in [0.25, 0.3) is 0 Å². The largest absolute Gasteiger partial charge is 0.374 e. The van der Waals surface area contributed by atoms with Crippen molar-refractivity contribution in [3.63, 3.8) is 0 Å². The zero-order chi connectivity index (χ0) is 49.7. The van der Waals surface area contributed by atoms with E-state index in [1.807, 2.05) is 212 Å². The highest BCUT2D eigenvalue weighted by Gasteiger charge is 2.52. The average Bonchev–Trinajstić information content (AvgIpc) is 3.45. The van der Waals surface area contributed by atoms with E-state index in [9.17, 15) is 0 Å². The van der Waals surface area contributed by atoms with E-state index in [1.165, 1.54) is 0 Å². The minimum Gasteiger partial charge on any atom is -0.374 e. The Balaban J connectivity index is 1.05. The van der Waals surface area contributed by atoms with Gasteiger partial charge in [0.1, 0.15) is 48.8 Å². The van der Waals surface area contributed by atoms with E-state index in [2.05, 4.69) is 0 Å². The topological polar surface area (TPSA) is 102 Å². The molecule has 380 valence electrons. The van der Waals surface area contributed by atoms with Gasteiger partial charge in [-0.25, -0.2) is 0 Å². The fourth-order valence-electron chi connectivity index (χ4n) is 9.14. The smallest absolute Gasteiger partial charge is 0.187 e. The van der Waals surface area contributed by atoms with Gasteiger partial charge in [0, 0.05) is 7.11 Å². The van der Waals surface area contributed by atoms with Crippen LogP contribution in [0.2, 0.25) is 0 Å². The molecule has 0 radical (unpaired) electrons. The lowest BCUT2D eigenvalue weighted by atomic mass is 9.96. The van der Waals surface area contributed by atoms with Crippen LogP contribution in [0.3, 0.4) is 0 Å². The summed E-state index contributed by atoms with van der Waals surface area (Å²) in [6.07, 6.45) is -7.47. The molecular weight excluding hydrogens is 921 g/mol. The molecule has 0 bridgehead atoms. The quantitative estimate of drug-likeness (QED) is 0.0518. The Morgan fingerprint density at radius 3 is 0.863 bits per heavy atom. The van der Waals surface area contributed by atoms with E-state index in [4.69, 9.17) is 52.1 Å². The van der Waals surface area contributed by atoms with Crippen molar-refractivity contribution in [1.29, 1.82) is 0 Å². The van der Waals surface area contributed by atoms with Crippen LogP contribution in [0.4, 0.5) is 0 Å². The maximum absolute atomic E-state index is 7.10. The third-order valence-corrected chi connectivity index (χ3v) is 12.9. The standard InChI is InChI=1S/C62H66O11/c1-63-61-59(69-42-51-33-19-7-20-34-51)57(67-40-49-29-15-5-16-30-49)56(66-39-48-27-13-4-14-28-48)54(72-61)45-71-62-60(70-43-52-35-21-8-22-36-52)58(68-41-50-31-17-6-18-32-50)55(65-38-47-25-11-3-12-26-47)53(73-62)44-64-37-46-23-9-2-10-24-46/h2-36,53-62H,37-45H2,1H3. The minimum atomic E-state index is -0.999. The molecule has 10 atom stereocenters. The third kappa shape index (κ3) is 15.3. The first-order chi connectivity index (χ1) is 36.2. The summed E-state index contributed by atoms with van der Waals surface area (Å²) in [5, 5.41) is 0. The van der Waals surface area contributed by atoms with Gasteiger partial charge in [-0.3, -0.25) is 0 Å². The van der Waals surface area contributed by atoms with Crippen LogP contribution in [0.25, 0.3) is 0 Å². The molecule has 7 aromatic carbocycles. The second-order valence-electron chi connectivity index (χ2n) is 18.2. The van der Waals surface area contributed by atoms with Crippen molar-refractivity contribution in [2.45, 2.75) is 108 Å². The lowest BCUT2D eigenvalue weighted by molar-refractivity contribution is -0.351. The zero-order valence-corrected chi connectivity index (χ0v) is 41.3. The van der Waals surface area contributed by atoms with E-state index in [0.717, 1.165) is 38.9 Å². The molecule has 0 spiro atoms. The molecule has 2 saturated heterocycles. The summed E-state index contributed by atoms with van der Waals surface area (Å²) in [5.74, 6) is 0. The Hall–Kier alpha value is -5.90. The average molecular weight is 987 g/mol. The summed E-state index contributed by atoms with van der Waals surface area (Å²) in [6, 6.07) is 70.4. The molecule has 10 unspecified atom stereocenters. The maximum Gasteiger partial charge on any atom is 0.187 e. The van der Waals surface area contributed by atoms with Crippen molar-refractivity contribution in [2.75, 3.05) is 20.3 Å². The number of benzene rings is 7. The molecule has 0 N–H and O–H groups in total. The molecule has 11 heteroatoms. The third-order valence-electron chi connectivity index (χ3n) is 12.9. The molecule has 0 saturated carbocycles. The van der Waals surface area contributed by atoms with Gasteiger partial charge in [0.05, 0.1) is 59.5 Å². The SMILES string of the molecule is COC1OC(COC2OC(COCc3ccccc3)C(OCc3ccccc3)C(OCc3ccccc3)C2OCc2ccccc2)C(OCc2ccccc2)C(OCc2ccccc2)C1OCc1ccccc1. The van der Waals surface area contributed by atoms with E-state index in [0.29, 0.717) is 26.4 Å². The van der Waals surface area contributed by atoms with Crippen molar-refractivity contribution in [2.24, 2.45) is 0 Å². The van der Waals surface area contributed by atoms with Crippen molar-refractivity contribution >= 4 is 0 Å². The normalized spacial score (nSPS) is 24.0. The molecule has 0 aromatic heterocycles. The molecule has 2 aliphatic rings.